The molecular weight excluding hydrogens is 1000 g/mol. The summed E-state index contributed by atoms with van der Waals surface area (Å²) >= 11 is 0. The van der Waals surface area contributed by atoms with Crippen molar-refractivity contribution in [2.45, 2.75) is 17.9 Å². The first-order valence-electron chi connectivity index (χ1n) is 17.2. The van der Waals surface area contributed by atoms with Crippen LogP contribution in [0, 0.1) is 29.7 Å². The van der Waals surface area contributed by atoms with Crippen LogP contribution in [-0.2, 0) is 137 Å². The van der Waals surface area contributed by atoms with Gasteiger partial charge in [0, 0.05) is 155 Å². The van der Waals surface area contributed by atoms with Gasteiger partial charge in [-0.15, -0.1) is 0 Å². The Bertz CT molecular complexity index is 2580. The fourth-order valence-electron chi connectivity index (χ4n) is 9.79. The van der Waals surface area contributed by atoms with Crippen molar-refractivity contribution in [1.82, 2.24) is 9.47 Å². The molecule has 0 saturated heterocycles. The molecule has 1 aromatic heterocycles. The van der Waals surface area contributed by atoms with E-state index in [4.69, 9.17) is 0 Å². The van der Waals surface area contributed by atoms with E-state index in [9.17, 15) is 0 Å². The van der Waals surface area contributed by atoms with E-state index in [0.717, 1.165) is 0 Å². The number of aromatic nitrogens is 1. The minimum atomic E-state index is -0.694. The smallest absolute Gasteiger partial charge is 0.358 e. The standard InChI is InChI=1S/C45H30N4.4CH3.4Y/c1-5-13-29(14-6-1)41-33-21-23-35-42(30-15-7-2-8-16-30)37-25-27-39-44(32-19-11-4-12-20-32)40-28-26-38-43(31-17-9-3-10-18-31)36-24-22-34(41)47(36)45(46(33)35,48(37)39)49(38)40;;;;;;;;/h1-28,33,41H;4*1H3;;;;/q+2;4*-1;;;;. The molecular formula is C49H42N4Y4-2. The van der Waals surface area contributed by atoms with E-state index < -0.39 is 5.91 Å². The number of hydrogen-bond acceptors (Lipinski definition) is 1. The summed E-state index contributed by atoms with van der Waals surface area (Å²) in [6, 6.07) is 48.9. The van der Waals surface area contributed by atoms with Crippen LogP contribution in [0.5, 0.6) is 0 Å². The number of rotatable bonds is 4. The van der Waals surface area contributed by atoms with Gasteiger partial charge in [-0.1, -0.05) is 137 Å². The van der Waals surface area contributed by atoms with E-state index in [1.54, 1.807) is 0 Å². The predicted molar refractivity (Wildman–Crippen MR) is 219 cm³/mol. The largest absolute Gasteiger partial charge is 0.549 e. The van der Waals surface area contributed by atoms with Crippen molar-refractivity contribution >= 4 is 28.1 Å². The van der Waals surface area contributed by atoms with E-state index in [1.807, 2.05) is 0 Å². The Hall–Kier alpha value is -1.84. The topological polar surface area (TPSA) is 14.2 Å². The first-order chi connectivity index (χ1) is 24.4. The van der Waals surface area contributed by atoms with E-state index >= 15 is 0 Å². The average Bonchev–Trinajstić information content (AvgIpc) is 3.99. The van der Waals surface area contributed by atoms with Gasteiger partial charge in [-0.2, -0.15) is 4.57 Å². The van der Waals surface area contributed by atoms with Crippen LogP contribution in [0.2, 0.25) is 0 Å². The molecule has 0 fully saturated rings. The number of benzene rings is 4. The summed E-state index contributed by atoms with van der Waals surface area (Å²) in [5, 5.41) is 0. The molecule has 272 valence electrons. The molecule has 0 N–H and O–H groups in total. The molecule has 1 spiro atoms. The molecule has 3 atom stereocenters. The predicted octanol–water partition coefficient (Wildman–Crippen LogP) is 9.90. The molecule has 5 aromatic rings. The van der Waals surface area contributed by atoms with Crippen molar-refractivity contribution in [3.63, 3.8) is 0 Å². The number of allylic oxidation sites excluding steroid dienone is 6. The molecule has 8 heteroatoms. The Morgan fingerprint density at radius 3 is 1.44 bits per heavy atom. The van der Waals surface area contributed by atoms with Crippen LogP contribution in [0.3, 0.4) is 0 Å². The minimum absolute atomic E-state index is 0. The molecule has 0 saturated carbocycles. The molecule has 4 aromatic carbocycles. The molecule has 7 aliphatic rings. The fraction of sp³-hybridized carbons (Fsp3) is 0.0612. The summed E-state index contributed by atoms with van der Waals surface area (Å²) in [5.74, 6) is -0.552. The third-order valence-electron chi connectivity index (χ3n) is 11.4. The summed E-state index contributed by atoms with van der Waals surface area (Å²) in [6.45, 7) is 0. The maximum atomic E-state index is 2.76. The van der Waals surface area contributed by atoms with Crippen LogP contribution in [0.1, 0.15) is 39.6 Å². The molecule has 4 radical (unpaired) electrons. The zero-order chi connectivity index (χ0) is 31.8. The van der Waals surface area contributed by atoms with Crippen LogP contribution in [-0.4, -0.2) is 36.1 Å². The second kappa shape index (κ2) is 18.0. The molecule has 7 aliphatic heterocycles. The van der Waals surface area contributed by atoms with E-state index in [0.29, 0.717) is 0 Å². The zero-order valence-electron chi connectivity index (χ0n) is 32.9. The molecule has 4 nitrogen and oxygen atoms in total. The van der Waals surface area contributed by atoms with Gasteiger partial charge in [0.15, 0.2) is 0 Å². The molecule has 57 heavy (non-hydrogen) atoms. The molecule has 8 heterocycles. The van der Waals surface area contributed by atoms with Crippen molar-refractivity contribution < 1.29 is 140 Å². The Balaban J connectivity index is 0.000000900. The van der Waals surface area contributed by atoms with E-state index in [-0.39, 0.29) is 173 Å². The van der Waals surface area contributed by atoms with Crippen molar-refractivity contribution in [1.29, 1.82) is 0 Å². The monoisotopic (exact) mass is 1040 g/mol. The third-order valence-corrected chi connectivity index (χ3v) is 11.4. The molecule has 0 aliphatic carbocycles. The summed E-state index contributed by atoms with van der Waals surface area (Å²) in [7, 11) is 0. The first-order valence-corrected chi connectivity index (χ1v) is 17.2. The molecule has 12 rings (SSSR count). The Labute approximate surface area is 439 Å². The third kappa shape index (κ3) is 6.20. The van der Waals surface area contributed by atoms with E-state index in [2.05, 4.69) is 189 Å². The van der Waals surface area contributed by atoms with Gasteiger partial charge in [0.2, 0.25) is 22.8 Å². The van der Waals surface area contributed by atoms with Gasteiger partial charge in [0.25, 0.3) is 0 Å². The number of nitrogens with zero attached hydrogens (tertiary/aromatic N) is 4. The Morgan fingerprint density at radius 1 is 0.456 bits per heavy atom. The van der Waals surface area contributed by atoms with Gasteiger partial charge < -0.3 is 29.7 Å². The van der Waals surface area contributed by atoms with Gasteiger partial charge in [-0.3, -0.25) is 0 Å². The van der Waals surface area contributed by atoms with Crippen LogP contribution in [0.4, 0.5) is 0 Å². The second-order valence-electron chi connectivity index (χ2n) is 13.7. The first kappa shape index (κ1) is 47.8. The SMILES string of the molecule is C1=CC2C(c3ccccc3)C3=[N+]4C(=C(c5ccccc5)c5ccc6n5C45N2C1=C(c1ccccc1)C1=[N+]5C(=C6c2ccccc2)C=C1)C=C3.[CH3-].[CH3-].[CH3-].[CH3-].[Y].[Y].[Y].[Y]. The molecule has 0 bridgehead atoms. The summed E-state index contributed by atoms with van der Waals surface area (Å²) < 4.78 is 8.05. The van der Waals surface area contributed by atoms with Crippen molar-refractivity contribution in [2.24, 2.45) is 0 Å². The molecule has 0 amide bonds. The summed E-state index contributed by atoms with van der Waals surface area (Å²) in [6.07, 6.45) is 14.4. The van der Waals surface area contributed by atoms with Crippen molar-refractivity contribution in [2.75, 3.05) is 0 Å². The summed E-state index contributed by atoms with van der Waals surface area (Å²) in [5.41, 5.74) is 17.7. The average molecular weight is 1040 g/mol. The van der Waals surface area contributed by atoms with Crippen LogP contribution in [0.15, 0.2) is 187 Å². The summed E-state index contributed by atoms with van der Waals surface area (Å²) in [4.78, 5) is 2.76. The van der Waals surface area contributed by atoms with Gasteiger partial charge in [-0.25, -0.2) is 4.90 Å². The maximum absolute atomic E-state index is 2.76. The normalized spacial score (nSPS) is 21.1. The van der Waals surface area contributed by atoms with Crippen LogP contribution in [0.25, 0.3) is 16.7 Å². The van der Waals surface area contributed by atoms with Gasteiger partial charge >= 0.3 is 5.91 Å². The quantitative estimate of drug-likeness (QED) is 0.129. The van der Waals surface area contributed by atoms with Crippen LogP contribution < -0.4 is 0 Å². The zero-order valence-corrected chi connectivity index (χ0v) is 44.3. The van der Waals surface area contributed by atoms with Gasteiger partial charge in [0.05, 0.1) is 45.8 Å². The second-order valence-corrected chi connectivity index (χ2v) is 13.7. The fourth-order valence-corrected chi connectivity index (χ4v) is 9.79. The Kier molecular flexibility index (Phi) is 15.1. The van der Waals surface area contributed by atoms with Crippen molar-refractivity contribution in [3.8, 4) is 0 Å². The Morgan fingerprint density at radius 2 is 0.912 bits per heavy atom. The molecule has 3 unspecified atom stereocenters. The van der Waals surface area contributed by atoms with Crippen molar-refractivity contribution in [3.05, 3.63) is 250 Å². The van der Waals surface area contributed by atoms with E-state index in [1.165, 1.54) is 78.9 Å². The maximum Gasteiger partial charge on any atom is 0.549 e. The van der Waals surface area contributed by atoms with Crippen LogP contribution >= 0.6 is 0 Å². The minimum Gasteiger partial charge on any atom is -0.358 e. The number of hydrogen-bond donors (Lipinski definition) is 0. The van der Waals surface area contributed by atoms with Gasteiger partial charge in [-0.05, 0) is 40.5 Å². The van der Waals surface area contributed by atoms with Gasteiger partial charge in [0.1, 0.15) is 0 Å².